The fourth-order valence-electron chi connectivity index (χ4n) is 3.90. The third-order valence-electron chi connectivity index (χ3n) is 5.78. The van der Waals surface area contributed by atoms with Crippen LogP contribution >= 0.6 is 63.7 Å². The van der Waals surface area contributed by atoms with E-state index in [1.54, 1.807) is 0 Å². The van der Waals surface area contributed by atoms with Gasteiger partial charge in [0, 0.05) is 20.1 Å². The van der Waals surface area contributed by atoms with Gasteiger partial charge in [-0.25, -0.2) is 0 Å². The van der Waals surface area contributed by atoms with Crippen LogP contribution < -0.4 is 14.2 Å². The molecule has 2 aromatic carbocycles. The Labute approximate surface area is 218 Å². The zero-order valence-electron chi connectivity index (χ0n) is 17.8. The first-order valence-corrected chi connectivity index (χ1v) is 14.3. The molecule has 31 heavy (non-hydrogen) atoms. The summed E-state index contributed by atoms with van der Waals surface area (Å²) in [5.41, 5.74) is 2.44. The highest BCUT2D eigenvalue weighted by atomic mass is 79.9. The lowest BCUT2D eigenvalue weighted by Crippen LogP contribution is -1.91. The average molecular weight is 682 g/mol. The second kappa shape index (κ2) is 10.4. The quantitative estimate of drug-likeness (QED) is 0.110. The van der Waals surface area contributed by atoms with Crippen molar-refractivity contribution < 1.29 is 14.2 Å². The standard InChI is InChI=1S/C24H26Br4O3/c1-3-5-7-9-11-13-15(25)17(27)21(23-19(13)29-23)31-22-18(28)16(26)14(20-24(22)30-20)12-10-8-6-4-2/h3-12H2,1-2H3. The van der Waals surface area contributed by atoms with Crippen LogP contribution in [0.3, 0.4) is 0 Å². The summed E-state index contributed by atoms with van der Waals surface area (Å²) in [6.45, 7) is 4.46. The Morgan fingerprint density at radius 1 is 0.548 bits per heavy atom. The largest absolute Gasteiger partial charge is 0.447 e. The molecule has 0 N–H and O–H groups in total. The molecule has 2 aromatic rings. The van der Waals surface area contributed by atoms with Crippen molar-refractivity contribution in [1.82, 2.24) is 0 Å². The minimum atomic E-state index is 0.695. The first-order valence-electron chi connectivity index (χ1n) is 11.1. The summed E-state index contributed by atoms with van der Waals surface area (Å²) in [5.74, 6) is 4.93. The maximum Gasteiger partial charge on any atom is 0.214 e. The molecule has 0 saturated carbocycles. The number of halogens is 4. The Balaban J connectivity index is 1.54. The number of hydrogen-bond acceptors (Lipinski definition) is 3. The summed E-state index contributed by atoms with van der Waals surface area (Å²) in [6, 6.07) is 0. The molecule has 3 nitrogen and oxygen atoms in total. The van der Waals surface area contributed by atoms with Gasteiger partial charge in [-0.15, -0.1) is 0 Å². The van der Waals surface area contributed by atoms with Crippen molar-refractivity contribution >= 4 is 63.7 Å². The molecule has 7 heteroatoms. The van der Waals surface area contributed by atoms with Crippen molar-refractivity contribution in [2.45, 2.75) is 78.1 Å². The molecule has 168 valence electrons. The van der Waals surface area contributed by atoms with Crippen LogP contribution in [0.25, 0.3) is 0 Å². The van der Waals surface area contributed by atoms with E-state index < -0.39 is 0 Å². The van der Waals surface area contributed by atoms with Gasteiger partial charge in [-0.05, 0) is 89.4 Å². The zero-order valence-corrected chi connectivity index (χ0v) is 24.2. The van der Waals surface area contributed by atoms with E-state index in [0.29, 0.717) is 11.5 Å². The van der Waals surface area contributed by atoms with Gasteiger partial charge in [0.25, 0.3) is 0 Å². The van der Waals surface area contributed by atoms with Gasteiger partial charge in [-0.1, -0.05) is 52.4 Å². The molecule has 0 spiro atoms. The maximum absolute atomic E-state index is 6.36. The van der Waals surface area contributed by atoms with Gasteiger partial charge in [0.1, 0.15) is 0 Å². The van der Waals surface area contributed by atoms with E-state index in [2.05, 4.69) is 77.6 Å². The Kier molecular flexibility index (Phi) is 7.98. The van der Waals surface area contributed by atoms with Crippen molar-refractivity contribution in [2.75, 3.05) is 0 Å². The molecule has 0 aromatic heterocycles. The molecule has 0 unspecified atom stereocenters. The monoisotopic (exact) mass is 678 g/mol. The number of benzene rings is 2. The third kappa shape index (κ3) is 4.99. The topological polar surface area (TPSA) is 34.3 Å². The molecular weight excluding hydrogens is 656 g/mol. The van der Waals surface area contributed by atoms with Crippen molar-refractivity contribution in [1.29, 1.82) is 0 Å². The summed E-state index contributed by atoms with van der Waals surface area (Å²) >= 11 is 15.0. The van der Waals surface area contributed by atoms with Gasteiger partial charge >= 0.3 is 0 Å². The molecule has 0 amide bonds. The lowest BCUT2D eigenvalue weighted by molar-refractivity contribution is 0.457. The first-order chi connectivity index (χ1) is 15.0. The Morgan fingerprint density at radius 2 is 0.968 bits per heavy atom. The van der Waals surface area contributed by atoms with Crippen LogP contribution in [0.15, 0.2) is 17.9 Å². The average Bonchev–Trinajstić information content (AvgIpc) is 3.67. The molecule has 0 saturated heterocycles. The first kappa shape index (κ1) is 23.9. The normalized spacial score (nSPS) is 12.7. The van der Waals surface area contributed by atoms with Gasteiger partial charge in [0.05, 0.1) is 8.95 Å². The second-order valence-corrected chi connectivity index (χ2v) is 11.3. The molecule has 2 aliphatic rings. The van der Waals surface area contributed by atoms with Crippen molar-refractivity contribution in [3.8, 4) is 34.5 Å². The number of fused-ring (bicyclic) bond motifs is 2. The van der Waals surface area contributed by atoms with E-state index in [0.717, 1.165) is 66.6 Å². The number of rotatable bonds is 12. The van der Waals surface area contributed by atoms with Gasteiger partial charge < -0.3 is 14.2 Å². The lowest BCUT2D eigenvalue weighted by Gasteiger charge is -2.11. The van der Waals surface area contributed by atoms with Crippen LogP contribution in [0.2, 0.25) is 0 Å². The van der Waals surface area contributed by atoms with Gasteiger partial charge in [0.2, 0.25) is 11.5 Å². The minimum absolute atomic E-state index is 0.695. The van der Waals surface area contributed by atoms with Crippen molar-refractivity contribution in [3.63, 3.8) is 0 Å². The van der Waals surface area contributed by atoms with Gasteiger partial charge in [-0.3, -0.25) is 0 Å². The summed E-state index contributed by atoms with van der Waals surface area (Å²) in [7, 11) is 0. The van der Waals surface area contributed by atoms with Crippen molar-refractivity contribution in [3.05, 3.63) is 29.0 Å². The Hall–Kier alpha value is -0.240. The SMILES string of the molecule is CCCCCCc1c(Br)c(Br)c(Oc2c(Br)c(Br)c(CCCCCC)c3c2O3)c2c1O2. The van der Waals surface area contributed by atoms with E-state index in [9.17, 15) is 0 Å². The van der Waals surface area contributed by atoms with Crippen LogP contribution in [-0.4, -0.2) is 0 Å². The Bertz CT molecular complexity index is 924. The summed E-state index contributed by atoms with van der Waals surface area (Å²) in [4.78, 5) is 0. The van der Waals surface area contributed by atoms with Crippen LogP contribution in [-0.2, 0) is 12.8 Å². The molecule has 0 radical (unpaired) electrons. The molecule has 0 bridgehead atoms. The third-order valence-corrected chi connectivity index (χ3v) is 10.1. The van der Waals surface area contributed by atoms with E-state index in [-0.39, 0.29) is 0 Å². The predicted octanol–water partition coefficient (Wildman–Crippen LogP) is 11.0. The molecular formula is C24H26Br4O3. The number of unbranched alkanes of at least 4 members (excludes halogenated alkanes) is 6. The molecule has 2 heterocycles. The zero-order chi connectivity index (χ0) is 22.1. The van der Waals surface area contributed by atoms with E-state index >= 15 is 0 Å². The summed E-state index contributed by atoms with van der Waals surface area (Å²) in [6.07, 6.45) is 11.8. The van der Waals surface area contributed by atoms with Crippen LogP contribution in [0, 0.1) is 0 Å². The predicted molar refractivity (Wildman–Crippen MR) is 140 cm³/mol. The second-order valence-electron chi connectivity index (χ2n) is 8.12. The fourth-order valence-corrected chi connectivity index (χ4v) is 6.02. The van der Waals surface area contributed by atoms with Crippen LogP contribution in [0.1, 0.15) is 76.3 Å². The highest BCUT2D eigenvalue weighted by molar-refractivity contribution is 9.13. The molecule has 4 rings (SSSR count). The van der Waals surface area contributed by atoms with E-state index in [4.69, 9.17) is 14.2 Å². The molecule has 2 aliphatic heterocycles. The summed E-state index contributed by atoms with van der Waals surface area (Å²) in [5, 5.41) is 0. The maximum atomic E-state index is 6.36. The van der Waals surface area contributed by atoms with Crippen LogP contribution in [0.4, 0.5) is 0 Å². The van der Waals surface area contributed by atoms with Crippen molar-refractivity contribution in [2.24, 2.45) is 0 Å². The minimum Gasteiger partial charge on any atom is -0.447 e. The molecule has 0 aliphatic carbocycles. The van der Waals surface area contributed by atoms with Gasteiger partial charge in [-0.2, -0.15) is 0 Å². The Morgan fingerprint density at radius 3 is 1.35 bits per heavy atom. The lowest BCUT2D eigenvalue weighted by atomic mass is 10.1. The van der Waals surface area contributed by atoms with E-state index in [1.165, 1.54) is 49.7 Å². The van der Waals surface area contributed by atoms with Crippen LogP contribution in [0.5, 0.6) is 34.5 Å². The fraction of sp³-hybridized carbons (Fsp3) is 0.500. The molecule has 0 fully saturated rings. The highest BCUT2D eigenvalue weighted by Gasteiger charge is 2.39. The number of hydrogen-bond donors (Lipinski definition) is 0. The summed E-state index contributed by atoms with van der Waals surface area (Å²) < 4.78 is 21.9. The smallest absolute Gasteiger partial charge is 0.214 e. The van der Waals surface area contributed by atoms with Gasteiger partial charge in [0.15, 0.2) is 23.0 Å². The van der Waals surface area contributed by atoms with E-state index in [1.807, 2.05) is 0 Å². The number of ether oxygens (including phenoxy) is 3. The molecule has 0 atom stereocenters. The highest BCUT2D eigenvalue weighted by Crippen LogP contribution is 2.66.